The number of hydrogen-bond donors (Lipinski definition) is 2. The molecule has 0 saturated heterocycles. The summed E-state index contributed by atoms with van der Waals surface area (Å²) in [6.45, 7) is 4.12. The van der Waals surface area contributed by atoms with Crippen LogP contribution in [0.4, 0.5) is 0 Å². The third-order valence-corrected chi connectivity index (χ3v) is 2.47. The van der Waals surface area contributed by atoms with Gasteiger partial charge in [-0.15, -0.1) is 12.4 Å². The lowest BCUT2D eigenvalue weighted by atomic mass is 9.88. The van der Waals surface area contributed by atoms with Crippen molar-refractivity contribution in [2.45, 2.75) is 38.6 Å². The molecular weight excluding hydrogens is 178 g/mol. The SMILES string of the molecule is CC1(C)CCC(N)(C(=O)O)C1.Cl. The van der Waals surface area contributed by atoms with Crippen LogP contribution in [0.1, 0.15) is 33.1 Å². The fourth-order valence-corrected chi connectivity index (χ4v) is 1.77. The molecule has 3 N–H and O–H groups in total. The molecule has 1 fully saturated rings. The van der Waals surface area contributed by atoms with Crippen LogP contribution >= 0.6 is 12.4 Å². The molecule has 0 aromatic rings. The number of aliphatic carboxylic acids is 1. The van der Waals surface area contributed by atoms with Crippen LogP contribution in [0.2, 0.25) is 0 Å². The van der Waals surface area contributed by atoms with Crippen molar-refractivity contribution in [1.29, 1.82) is 0 Å². The number of rotatable bonds is 1. The predicted molar refractivity (Wildman–Crippen MR) is 49.4 cm³/mol. The molecule has 0 radical (unpaired) electrons. The first-order chi connectivity index (χ1) is 4.86. The molecule has 1 rings (SSSR count). The smallest absolute Gasteiger partial charge is 0.323 e. The van der Waals surface area contributed by atoms with Gasteiger partial charge in [0, 0.05) is 0 Å². The van der Waals surface area contributed by atoms with E-state index in [1.165, 1.54) is 0 Å². The van der Waals surface area contributed by atoms with E-state index in [9.17, 15) is 4.79 Å². The van der Waals surface area contributed by atoms with Crippen LogP contribution in [-0.2, 0) is 4.79 Å². The summed E-state index contributed by atoms with van der Waals surface area (Å²) in [5, 5.41) is 8.78. The van der Waals surface area contributed by atoms with Crippen molar-refractivity contribution >= 4 is 18.4 Å². The lowest BCUT2D eigenvalue weighted by molar-refractivity contribution is -0.143. The second-order valence-corrected chi connectivity index (χ2v) is 4.30. The molecule has 1 aliphatic rings. The Hall–Kier alpha value is -0.280. The van der Waals surface area contributed by atoms with Crippen LogP contribution in [0.15, 0.2) is 0 Å². The summed E-state index contributed by atoms with van der Waals surface area (Å²) in [6, 6.07) is 0. The van der Waals surface area contributed by atoms with E-state index in [4.69, 9.17) is 10.8 Å². The maximum absolute atomic E-state index is 10.7. The Morgan fingerprint density at radius 3 is 2.08 bits per heavy atom. The van der Waals surface area contributed by atoms with E-state index < -0.39 is 11.5 Å². The molecule has 0 spiro atoms. The number of carboxylic acids is 1. The lowest BCUT2D eigenvalue weighted by Crippen LogP contribution is -2.45. The zero-order valence-corrected chi connectivity index (χ0v) is 8.28. The Morgan fingerprint density at radius 1 is 1.42 bits per heavy atom. The van der Waals surface area contributed by atoms with Gasteiger partial charge in [0.05, 0.1) is 0 Å². The Bertz CT molecular complexity index is 193. The molecule has 0 heterocycles. The molecule has 1 saturated carbocycles. The van der Waals surface area contributed by atoms with Crippen LogP contribution in [0.3, 0.4) is 0 Å². The largest absolute Gasteiger partial charge is 0.480 e. The van der Waals surface area contributed by atoms with Gasteiger partial charge in [-0.1, -0.05) is 13.8 Å². The average molecular weight is 194 g/mol. The molecule has 12 heavy (non-hydrogen) atoms. The third-order valence-electron chi connectivity index (χ3n) is 2.47. The van der Waals surface area contributed by atoms with Crippen molar-refractivity contribution in [2.24, 2.45) is 11.1 Å². The Morgan fingerprint density at radius 2 is 1.92 bits per heavy atom. The number of carbonyl (C=O) groups is 1. The van der Waals surface area contributed by atoms with E-state index in [1.54, 1.807) is 0 Å². The lowest BCUT2D eigenvalue weighted by Gasteiger charge is -2.21. The van der Waals surface area contributed by atoms with Crippen LogP contribution in [0, 0.1) is 5.41 Å². The van der Waals surface area contributed by atoms with E-state index in [-0.39, 0.29) is 17.8 Å². The Kier molecular flexibility index (Phi) is 3.15. The average Bonchev–Trinajstić information content (AvgIpc) is 2.08. The molecule has 0 bridgehead atoms. The molecule has 1 unspecified atom stereocenters. The Balaban J connectivity index is 0.00000121. The maximum atomic E-state index is 10.7. The number of hydrogen-bond acceptors (Lipinski definition) is 2. The van der Waals surface area contributed by atoms with Gasteiger partial charge in [-0.3, -0.25) is 4.79 Å². The van der Waals surface area contributed by atoms with Crippen molar-refractivity contribution in [1.82, 2.24) is 0 Å². The van der Waals surface area contributed by atoms with Gasteiger partial charge in [-0.05, 0) is 24.7 Å². The zero-order chi connectivity index (χ0) is 8.70. The number of nitrogens with two attached hydrogens (primary N) is 1. The summed E-state index contributed by atoms with van der Waals surface area (Å²) in [4.78, 5) is 10.7. The van der Waals surface area contributed by atoms with Crippen LogP contribution in [0.5, 0.6) is 0 Å². The Labute approximate surface area is 78.7 Å². The summed E-state index contributed by atoms with van der Waals surface area (Å²) < 4.78 is 0. The molecule has 1 atom stereocenters. The highest BCUT2D eigenvalue weighted by Crippen LogP contribution is 2.42. The van der Waals surface area contributed by atoms with Crippen molar-refractivity contribution < 1.29 is 9.90 Å². The molecule has 3 nitrogen and oxygen atoms in total. The second-order valence-electron chi connectivity index (χ2n) is 4.30. The molecular formula is C8H16ClNO2. The maximum Gasteiger partial charge on any atom is 0.323 e. The van der Waals surface area contributed by atoms with Crippen molar-refractivity contribution in [3.63, 3.8) is 0 Å². The first kappa shape index (κ1) is 11.7. The highest BCUT2D eigenvalue weighted by molar-refractivity contribution is 5.85. The summed E-state index contributed by atoms with van der Waals surface area (Å²) in [5.41, 5.74) is 4.83. The topological polar surface area (TPSA) is 63.3 Å². The van der Waals surface area contributed by atoms with Gasteiger partial charge in [-0.2, -0.15) is 0 Å². The van der Waals surface area contributed by atoms with Gasteiger partial charge in [0.1, 0.15) is 5.54 Å². The van der Waals surface area contributed by atoms with E-state index in [0.717, 1.165) is 6.42 Å². The molecule has 0 aromatic heterocycles. The molecule has 72 valence electrons. The highest BCUT2D eigenvalue weighted by atomic mass is 35.5. The fraction of sp³-hybridized carbons (Fsp3) is 0.875. The summed E-state index contributed by atoms with van der Waals surface area (Å²) in [5.74, 6) is -0.858. The first-order valence-electron chi connectivity index (χ1n) is 3.88. The van der Waals surface area contributed by atoms with E-state index in [1.807, 2.05) is 0 Å². The van der Waals surface area contributed by atoms with E-state index in [0.29, 0.717) is 12.8 Å². The molecule has 4 heteroatoms. The normalized spacial score (nSPS) is 32.6. The predicted octanol–water partition coefficient (Wildman–Crippen LogP) is 1.40. The molecule has 0 aliphatic heterocycles. The molecule has 0 amide bonds. The van der Waals surface area contributed by atoms with Gasteiger partial charge in [-0.25, -0.2) is 0 Å². The van der Waals surface area contributed by atoms with Gasteiger partial charge in [0.2, 0.25) is 0 Å². The monoisotopic (exact) mass is 193 g/mol. The number of carboxylic acid groups (broad SMARTS) is 1. The minimum Gasteiger partial charge on any atom is -0.480 e. The fourth-order valence-electron chi connectivity index (χ4n) is 1.77. The summed E-state index contributed by atoms with van der Waals surface area (Å²) in [7, 11) is 0. The minimum atomic E-state index is -0.955. The summed E-state index contributed by atoms with van der Waals surface area (Å²) in [6.07, 6.45) is 2.11. The molecule has 0 aromatic carbocycles. The van der Waals surface area contributed by atoms with Crippen LogP contribution in [0.25, 0.3) is 0 Å². The molecule has 1 aliphatic carbocycles. The zero-order valence-electron chi connectivity index (χ0n) is 7.46. The standard InChI is InChI=1S/C8H15NO2.ClH/c1-7(2)3-4-8(9,5-7)6(10)11;/h3-5,9H2,1-2H3,(H,10,11);1H. The minimum absolute atomic E-state index is 0. The van der Waals surface area contributed by atoms with Gasteiger partial charge < -0.3 is 10.8 Å². The van der Waals surface area contributed by atoms with E-state index >= 15 is 0 Å². The second kappa shape index (κ2) is 3.23. The van der Waals surface area contributed by atoms with Crippen molar-refractivity contribution in [2.75, 3.05) is 0 Å². The van der Waals surface area contributed by atoms with Gasteiger partial charge >= 0.3 is 5.97 Å². The van der Waals surface area contributed by atoms with Crippen molar-refractivity contribution in [3.8, 4) is 0 Å². The van der Waals surface area contributed by atoms with Crippen LogP contribution < -0.4 is 5.73 Å². The van der Waals surface area contributed by atoms with Gasteiger partial charge in [0.15, 0.2) is 0 Å². The quantitative estimate of drug-likeness (QED) is 0.662. The van der Waals surface area contributed by atoms with Gasteiger partial charge in [0.25, 0.3) is 0 Å². The first-order valence-corrected chi connectivity index (χ1v) is 3.88. The third kappa shape index (κ3) is 2.11. The van der Waals surface area contributed by atoms with Crippen molar-refractivity contribution in [3.05, 3.63) is 0 Å². The summed E-state index contributed by atoms with van der Waals surface area (Å²) >= 11 is 0. The number of halogens is 1. The van der Waals surface area contributed by atoms with E-state index in [2.05, 4.69) is 13.8 Å². The highest BCUT2D eigenvalue weighted by Gasteiger charge is 2.45. The van der Waals surface area contributed by atoms with Crippen LogP contribution in [-0.4, -0.2) is 16.6 Å².